The first-order chi connectivity index (χ1) is 20.4. The molecule has 6 heteroatoms. The Morgan fingerprint density at radius 3 is 1.90 bits per heavy atom. The summed E-state index contributed by atoms with van der Waals surface area (Å²) in [6.07, 6.45) is -0.628. The van der Waals surface area contributed by atoms with Crippen LogP contribution in [-0.2, 0) is 14.3 Å². The number of carbonyl (C=O) groups is 2. The summed E-state index contributed by atoms with van der Waals surface area (Å²) in [4.78, 5) is 26.8. The summed E-state index contributed by atoms with van der Waals surface area (Å²) in [6.45, 7) is 6.07. The SMILES string of the molecule is CC[C@H](C)[C@H](NC(=O)OCC1c2ccccc2-c2ccccc21)C(=O)OC(c1ccc(C)cc1)c1ccc(OC)cc1. The molecular formula is C36H37NO5. The van der Waals surface area contributed by atoms with Crippen molar-refractivity contribution < 1.29 is 23.8 Å². The maximum atomic E-state index is 13.7. The van der Waals surface area contributed by atoms with E-state index in [0.29, 0.717) is 12.2 Å². The molecule has 1 aliphatic rings. The third kappa shape index (κ3) is 6.18. The van der Waals surface area contributed by atoms with Gasteiger partial charge in [-0.05, 0) is 58.4 Å². The Balaban J connectivity index is 1.32. The number of benzene rings is 4. The number of hydrogen-bond acceptors (Lipinski definition) is 5. The molecule has 0 radical (unpaired) electrons. The molecule has 0 bridgehead atoms. The van der Waals surface area contributed by atoms with Crippen LogP contribution in [0.1, 0.15) is 60.1 Å². The van der Waals surface area contributed by atoms with Gasteiger partial charge in [0.25, 0.3) is 0 Å². The summed E-state index contributed by atoms with van der Waals surface area (Å²) in [5.74, 6) is -0.0490. The highest BCUT2D eigenvalue weighted by molar-refractivity contribution is 5.82. The van der Waals surface area contributed by atoms with Gasteiger partial charge in [-0.3, -0.25) is 0 Å². The molecule has 216 valence electrons. The molecule has 6 nitrogen and oxygen atoms in total. The monoisotopic (exact) mass is 563 g/mol. The van der Waals surface area contributed by atoms with E-state index in [-0.39, 0.29) is 18.4 Å². The number of fused-ring (bicyclic) bond motifs is 3. The summed E-state index contributed by atoms with van der Waals surface area (Å²) >= 11 is 0. The number of rotatable bonds is 10. The van der Waals surface area contributed by atoms with Crippen molar-refractivity contribution in [1.29, 1.82) is 0 Å². The van der Waals surface area contributed by atoms with Gasteiger partial charge in [-0.15, -0.1) is 0 Å². The smallest absolute Gasteiger partial charge is 0.407 e. The minimum Gasteiger partial charge on any atom is -0.497 e. The number of carbonyl (C=O) groups excluding carboxylic acids is 2. The fourth-order valence-corrected chi connectivity index (χ4v) is 5.47. The van der Waals surface area contributed by atoms with E-state index >= 15 is 0 Å². The lowest BCUT2D eigenvalue weighted by Gasteiger charge is -2.26. The number of amides is 1. The molecule has 0 saturated heterocycles. The largest absolute Gasteiger partial charge is 0.497 e. The number of esters is 1. The van der Waals surface area contributed by atoms with Gasteiger partial charge in [0.1, 0.15) is 18.4 Å². The molecule has 42 heavy (non-hydrogen) atoms. The minimum absolute atomic E-state index is 0.0712. The lowest BCUT2D eigenvalue weighted by atomic mass is 9.97. The Bertz CT molecular complexity index is 1480. The molecule has 1 unspecified atom stereocenters. The lowest BCUT2D eigenvalue weighted by molar-refractivity contribution is -0.151. The highest BCUT2D eigenvalue weighted by Gasteiger charge is 2.33. The highest BCUT2D eigenvalue weighted by atomic mass is 16.6. The number of hydrogen-bond donors (Lipinski definition) is 1. The van der Waals surface area contributed by atoms with Crippen molar-refractivity contribution in [1.82, 2.24) is 5.32 Å². The zero-order valence-electron chi connectivity index (χ0n) is 24.5. The van der Waals surface area contributed by atoms with Crippen LogP contribution in [0.2, 0.25) is 0 Å². The maximum absolute atomic E-state index is 13.7. The second kappa shape index (κ2) is 12.9. The van der Waals surface area contributed by atoms with Gasteiger partial charge in [0.15, 0.2) is 6.10 Å². The normalized spacial score (nSPS) is 14.2. The van der Waals surface area contributed by atoms with Crippen LogP contribution in [0.5, 0.6) is 5.75 Å². The van der Waals surface area contributed by atoms with Gasteiger partial charge in [-0.1, -0.05) is 111 Å². The molecule has 1 N–H and O–H groups in total. The van der Waals surface area contributed by atoms with E-state index in [2.05, 4.69) is 29.6 Å². The summed E-state index contributed by atoms with van der Waals surface area (Å²) in [7, 11) is 1.61. The van der Waals surface area contributed by atoms with E-state index in [4.69, 9.17) is 14.2 Å². The van der Waals surface area contributed by atoms with E-state index in [0.717, 1.165) is 38.9 Å². The van der Waals surface area contributed by atoms with Crippen molar-refractivity contribution >= 4 is 12.1 Å². The average Bonchev–Trinajstić information content (AvgIpc) is 3.35. The summed E-state index contributed by atoms with van der Waals surface area (Å²) in [6, 6.07) is 30.8. The van der Waals surface area contributed by atoms with Crippen molar-refractivity contribution in [2.75, 3.05) is 13.7 Å². The van der Waals surface area contributed by atoms with Crippen molar-refractivity contribution in [3.63, 3.8) is 0 Å². The second-order valence-corrected chi connectivity index (χ2v) is 10.8. The zero-order valence-corrected chi connectivity index (χ0v) is 24.5. The van der Waals surface area contributed by atoms with Crippen LogP contribution in [0.15, 0.2) is 97.1 Å². The van der Waals surface area contributed by atoms with Crippen LogP contribution in [0.4, 0.5) is 4.79 Å². The van der Waals surface area contributed by atoms with Gasteiger partial charge >= 0.3 is 12.1 Å². The zero-order chi connectivity index (χ0) is 29.6. The summed E-state index contributed by atoms with van der Waals surface area (Å²) < 4.78 is 17.2. The number of ether oxygens (including phenoxy) is 3. The lowest BCUT2D eigenvalue weighted by Crippen LogP contribution is -2.46. The van der Waals surface area contributed by atoms with Gasteiger partial charge < -0.3 is 19.5 Å². The minimum atomic E-state index is -0.878. The number of aryl methyl sites for hydroxylation is 1. The quantitative estimate of drug-likeness (QED) is 0.201. The Morgan fingerprint density at radius 2 is 1.36 bits per heavy atom. The van der Waals surface area contributed by atoms with Crippen molar-refractivity contribution in [3.05, 3.63) is 125 Å². The van der Waals surface area contributed by atoms with Gasteiger partial charge in [-0.25, -0.2) is 9.59 Å². The van der Waals surface area contributed by atoms with Crippen LogP contribution >= 0.6 is 0 Å². The fourth-order valence-electron chi connectivity index (χ4n) is 5.47. The number of nitrogens with one attached hydrogen (secondary N) is 1. The molecule has 0 fully saturated rings. The Morgan fingerprint density at radius 1 is 0.810 bits per heavy atom. The van der Waals surface area contributed by atoms with Gasteiger partial charge in [-0.2, -0.15) is 0 Å². The van der Waals surface area contributed by atoms with Crippen molar-refractivity contribution in [2.24, 2.45) is 5.92 Å². The molecule has 0 aliphatic heterocycles. The Kier molecular flexibility index (Phi) is 8.91. The molecule has 0 spiro atoms. The van der Waals surface area contributed by atoms with Crippen LogP contribution in [0, 0.1) is 12.8 Å². The van der Waals surface area contributed by atoms with Gasteiger partial charge in [0, 0.05) is 5.92 Å². The third-order valence-electron chi connectivity index (χ3n) is 8.12. The van der Waals surface area contributed by atoms with Gasteiger partial charge in [0.2, 0.25) is 0 Å². The van der Waals surface area contributed by atoms with Gasteiger partial charge in [0.05, 0.1) is 7.11 Å². The predicted molar refractivity (Wildman–Crippen MR) is 164 cm³/mol. The second-order valence-electron chi connectivity index (χ2n) is 10.8. The van der Waals surface area contributed by atoms with E-state index in [1.165, 1.54) is 0 Å². The number of alkyl carbamates (subject to hydrolysis) is 1. The molecule has 0 aromatic heterocycles. The number of methoxy groups -OCH3 is 1. The standard InChI is InChI=1S/C36H37NO5/c1-5-24(3)33(35(38)42-34(25-16-14-23(2)15-17-25)26-18-20-27(40-4)21-19-26)37-36(39)41-22-32-30-12-8-6-10-28(30)29-11-7-9-13-31(29)32/h6-21,24,32-34H,5,22H2,1-4H3,(H,37,39)/t24-,33-,34?/m0/s1. The van der Waals surface area contributed by atoms with Crippen LogP contribution in [0.25, 0.3) is 11.1 Å². The first-order valence-corrected chi connectivity index (χ1v) is 14.4. The van der Waals surface area contributed by atoms with E-state index < -0.39 is 24.2 Å². The van der Waals surface area contributed by atoms with Crippen molar-refractivity contribution in [3.8, 4) is 16.9 Å². The Hall–Kier alpha value is -4.58. The van der Waals surface area contributed by atoms with Crippen LogP contribution in [-0.4, -0.2) is 31.8 Å². The van der Waals surface area contributed by atoms with Crippen LogP contribution in [0.3, 0.4) is 0 Å². The molecule has 3 atom stereocenters. The van der Waals surface area contributed by atoms with E-state index in [1.54, 1.807) is 7.11 Å². The van der Waals surface area contributed by atoms with Crippen LogP contribution < -0.4 is 10.1 Å². The summed E-state index contributed by atoms with van der Waals surface area (Å²) in [5.41, 5.74) is 7.32. The fraction of sp³-hybridized carbons (Fsp3) is 0.278. The van der Waals surface area contributed by atoms with Crippen molar-refractivity contribution in [2.45, 2.75) is 45.3 Å². The first-order valence-electron chi connectivity index (χ1n) is 14.4. The van der Waals surface area contributed by atoms with E-state index in [9.17, 15) is 9.59 Å². The van der Waals surface area contributed by atoms with E-state index in [1.807, 2.05) is 93.6 Å². The predicted octanol–water partition coefficient (Wildman–Crippen LogP) is 7.59. The highest BCUT2D eigenvalue weighted by Crippen LogP contribution is 2.44. The molecule has 1 aliphatic carbocycles. The first kappa shape index (κ1) is 28.9. The molecular weight excluding hydrogens is 526 g/mol. The molecule has 0 heterocycles. The average molecular weight is 564 g/mol. The summed E-state index contributed by atoms with van der Waals surface area (Å²) in [5, 5.41) is 2.82. The molecule has 1 amide bonds. The molecule has 5 rings (SSSR count). The topological polar surface area (TPSA) is 73.9 Å². The molecule has 0 saturated carbocycles. The molecule has 4 aromatic carbocycles. The third-order valence-corrected chi connectivity index (χ3v) is 8.12. The maximum Gasteiger partial charge on any atom is 0.407 e. The Labute approximate surface area is 247 Å². The molecule has 4 aromatic rings.